The zero-order chi connectivity index (χ0) is 36.4. The first-order chi connectivity index (χ1) is 25.4. The standard InChI is InChI=1S/C20H14N4.4C6H4Br.Fe/c1-2-14-10-16-5-6-18(23-16)12-20-8-7-19(24-20)11-17-4-3-15(22-17)9-13(1)21-14;4*7-6-4-2-1-3-5-6;/h1-12,21-22H;4*2-5H;/q;4*-1;+4. The summed E-state index contributed by atoms with van der Waals surface area (Å²) < 4.78 is 4.41. The van der Waals surface area contributed by atoms with Crippen LogP contribution >= 0.6 is 63.7 Å². The molecule has 0 unspecified atom stereocenters. The van der Waals surface area contributed by atoms with E-state index in [4.69, 9.17) is 0 Å². The van der Waals surface area contributed by atoms with Crippen molar-refractivity contribution >= 4 is 110 Å². The number of rotatable bonds is 0. The van der Waals surface area contributed by atoms with Crippen LogP contribution in [0.4, 0.5) is 0 Å². The molecule has 0 fully saturated rings. The molecule has 3 aromatic heterocycles. The first-order valence-corrected chi connectivity index (χ1v) is 19.1. The number of fused-ring (bicyclic) bond motifs is 8. The van der Waals surface area contributed by atoms with Gasteiger partial charge in [0.25, 0.3) is 0 Å². The van der Waals surface area contributed by atoms with E-state index in [0.29, 0.717) is 0 Å². The largest absolute Gasteiger partial charge is 4.00 e. The molecule has 4 aromatic carbocycles. The van der Waals surface area contributed by atoms with Gasteiger partial charge in [0.05, 0.1) is 22.8 Å². The number of nitrogens with one attached hydrogen (secondary N) is 2. The van der Waals surface area contributed by atoms with Crippen molar-refractivity contribution in [3.63, 3.8) is 0 Å². The van der Waals surface area contributed by atoms with Crippen molar-refractivity contribution in [2.45, 2.75) is 0 Å². The summed E-state index contributed by atoms with van der Waals surface area (Å²) in [6, 6.07) is 58.5. The average Bonchev–Trinajstić information content (AvgIpc) is 3.98. The third kappa shape index (κ3) is 15.8. The van der Waals surface area contributed by atoms with Gasteiger partial charge in [0.1, 0.15) is 0 Å². The summed E-state index contributed by atoms with van der Waals surface area (Å²) in [5, 5.41) is 0. The maximum absolute atomic E-state index is 4.62. The molecular weight excluding hydrogens is 960 g/mol. The normalized spacial score (nSPS) is 10.3. The molecule has 0 amide bonds. The molecule has 53 heavy (non-hydrogen) atoms. The third-order valence-electron chi connectivity index (χ3n) is 6.75. The summed E-state index contributed by atoms with van der Waals surface area (Å²) in [4.78, 5) is 16.0. The van der Waals surface area contributed by atoms with Gasteiger partial charge < -0.3 is 9.97 Å². The van der Waals surface area contributed by atoms with Gasteiger partial charge in [0.2, 0.25) is 0 Å². The van der Waals surface area contributed by atoms with Gasteiger partial charge in [-0.25, -0.2) is 9.97 Å². The fourth-order valence-corrected chi connectivity index (χ4v) is 5.47. The average molecular weight is 990 g/mol. The number of aromatic nitrogens is 4. The van der Waals surface area contributed by atoms with Gasteiger partial charge in [0.15, 0.2) is 0 Å². The molecule has 7 aromatic rings. The molecule has 0 atom stereocenters. The zero-order valence-corrected chi connectivity index (χ0v) is 35.4. The predicted molar refractivity (Wildman–Crippen MR) is 231 cm³/mol. The smallest absolute Gasteiger partial charge is 0.355 e. The van der Waals surface area contributed by atoms with Crippen LogP contribution in [-0.4, -0.2) is 19.9 Å². The van der Waals surface area contributed by atoms with Crippen LogP contribution in [0.3, 0.4) is 0 Å². The van der Waals surface area contributed by atoms with E-state index in [1.807, 2.05) is 140 Å². The van der Waals surface area contributed by atoms with Gasteiger partial charge in [-0.3, -0.25) is 0 Å². The number of halogens is 4. The second kappa shape index (κ2) is 22.9. The van der Waals surface area contributed by atoms with Crippen molar-refractivity contribution in [1.82, 2.24) is 19.9 Å². The molecule has 8 bridgehead atoms. The predicted octanol–water partition coefficient (Wildman–Crippen LogP) is 13.7. The van der Waals surface area contributed by atoms with E-state index in [2.05, 4.69) is 138 Å². The summed E-state index contributed by atoms with van der Waals surface area (Å²) in [7, 11) is 0. The van der Waals surface area contributed by atoms with Crippen molar-refractivity contribution in [2.24, 2.45) is 0 Å². The molecular formula is C44H30Br4FeN4. The summed E-state index contributed by atoms with van der Waals surface area (Å²) in [6.45, 7) is 0. The fourth-order valence-electron chi connectivity index (χ4n) is 4.41. The van der Waals surface area contributed by atoms with Crippen molar-refractivity contribution < 1.29 is 17.1 Å². The molecule has 0 saturated carbocycles. The zero-order valence-electron chi connectivity index (χ0n) is 27.9. The summed E-state index contributed by atoms with van der Waals surface area (Å²) in [5.74, 6) is 0. The van der Waals surface area contributed by atoms with Crippen molar-refractivity contribution in [3.05, 3.63) is 211 Å². The first kappa shape index (κ1) is 41.7. The van der Waals surface area contributed by atoms with Crippen LogP contribution in [0.1, 0.15) is 22.8 Å². The quantitative estimate of drug-likeness (QED) is 0.117. The van der Waals surface area contributed by atoms with Crippen LogP contribution in [-0.2, 0) is 17.1 Å². The monoisotopic (exact) mass is 986 g/mol. The fraction of sp³-hybridized carbons (Fsp3) is 0. The van der Waals surface area contributed by atoms with Gasteiger partial charge >= 0.3 is 17.1 Å². The van der Waals surface area contributed by atoms with E-state index in [-0.39, 0.29) is 17.1 Å². The Morgan fingerprint density at radius 1 is 0.340 bits per heavy atom. The van der Waals surface area contributed by atoms with Crippen LogP contribution in [0.5, 0.6) is 0 Å². The number of hydrogen-bond acceptors (Lipinski definition) is 2. The number of aromatic amines is 2. The summed E-state index contributed by atoms with van der Waals surface area (Å²) >= 11 is 13.2. The van der Waals surface area contributed by atoms with Gasteiger partial charge in [0, 0.05) is 22.1 Å². The minimum Gasteiger partial charge on any atom is -0.355 e. The minimum atomic E-state index is 0. The molecule has 9 rings (SSSR count). The van der Waals surface area contributed by atoms with Gasteiger partial charge in [-0.15, -0.1) is 0 Å². The van der Waals surface area contributed by atoms with E-state index in [1.54, 1.807) is 0 Å². The third-order valence-corrected chi connectivity index (χ3v) is 8.87. The Hall–Kier alpha value is -4.08. The number of benzene rings is 4. The molecule has 0 radical (unpaired) electrons. The van der Waals surface area contributed by atoms with Gasteiger partial charge in [-0.1, -0.05) is 81.6 Å². The summed E-state index contributed by atoms with van der Waals surface area (Å²) in [6.07, 6.45) is 8.05. The van der Waals surface area contributed by atoms with E-state index in [0.717, 1.165) is 62.7 Å². The Kier molecular flexibility index (Phi) is 18.0. The second-order valence-electron chi connectivity index (χ2n) is 10.8. The molecule has 2 N–H and O–H groups in total. The molecule has 0 spiro atoms. The summed E-state index contributed by atoms with van der Waals surface area (Å²) in [5.41, 5.74) is 7.86. The Balaban J connectivity index is 0.000000176. The van der Waals surface area contributed by atoms with Crippen LogP contribution in [0.25, 0.3) is 46.4 Å². The Morgan fingerprint density at radius 2 is 0.585 bits per heavy atom. The van der Waals surface area contributed by atoms with Crippen molar-refractivity contribution in [1.29, 1.82) is 0 Å². The minimum absolute atomic E-state index is 0. The van der Waals surface area contributed by atoms with E-state index in [9.17, 15) is 0 Å². The SMILES string of the molecule is Brc1cc[c-]cc1.Brc1cc[c-]cc1.Brc1cc[c-]cc1.Brc1cc[c-]cc1.C1=Cc2cc3ccc(cc4ccc(cc5nc(cc1n2)C=C5)[nH]4)[nH]3.[Fe+4]. The Labute approximate surface area is 354 Å². The van der Waals surface area contributed by atoms with Gasteiger partial charge in [-0.2, -0.15) is 121 Å². The van der Waals surface area contributed by atoms with Crippen molar-refractivity contribution in [3.8, 4) is 0 Å². The van der Waals surface area contributed by atoms with E-state index in [1.165, 1.54) is 0 Å². The Morgan fingerprint density at radius 3 is 0.830 bits per heavy atom. The van der Waals surface area contributed by atoms with Crippen LogP contribution < -0.4 is 0 Å². The van der Waals surface area contributed by atoms with E-state index < -0.39 is 0 Å². The number of H-pyrrole nitrogens is 2. The molecule has 0 aliphatic carbocycles. The topological polar surface area (TPSA) is 57.4 Å². The maximum atomic E-state index is 4.62. The molecule has 2 aliphatic heterocycles. The maximum Gasteiger partial charge on any atom is 4.00 e. The molecule has 2 aliphatic rings. The first-order valence-electron chi connectivity index (χ1n) is 15.9. The van der Waals surface area contributed by atoms with Crippen molar-refractivity contribution in [2.75, 3.05) is 0 Å². The van der Waals surface area contributed by atoms with Crippen LogP contribution in [0, 0.1) is 24.3 Å². The molecule has 262 valence electrons. The second-order valence-corrected chi connectivity index (χ2v) is 14.4. The van der Waals surface area contributed by atoms with E-state index >= 15 is 0 Å². The van der Waals surface area contributed by atoms with Crippen LogP contribution in [0.2, 0.25) is 0 Å². The number of hydrogen-bond donors (Lipinski definition) is 2. The molecule has 0 saturated heterocycles. The van der Waals surface area contributed by atoms with Crippen LogP contribution in [0.15, 0.2) is 163 Å². The molecule has 9 heteroatoms. The Bertz CT molecular complexity index is 2110. The van der Waals surface area contributed by atoms with Gasteiger partial charge in [-0.05, 0) is 72.8 Å². The molecule has 5 heterocycles. The molecule has 4 nitrogen and oxygen atoms in total. The number of nitrogens with zero attached hydrogens (tertiary/aromatic N) is 2.